The van der Waals surface area contributed by atoms with Crippen molar-refractivity contribution in [1.82, 2.24) is 4.57 Å². The Hall–Kier alpha value is -2.27. The number of benzene rings is 1. The second kappa shape index (κ2) is 5.61. The largest absolute Gasteiger partial charge is 0.496 e. The van der Waals surface area contributed by atoms with Gasteiger partial charge in [-0.05, 0) is 19.9 Å². The van der Waals surface area contributed by atoms with Crippen LogP contribution in [0, 0.1) is 13.8 Å². The van der Waals surface area contributed by atoms with Crippen molar-refractivity contribution < 1.29 is 14.6 Å². The number of pyridine rings is 1. The minimum atomic E-state index is -1.12. The number of carbonyl (C=O) groups is 1. The molecule has 1 heterocycles. The van der Waals surface area contributed by atoms with Gasteiger partial charge in [0.15, 0.2) is 5.43 Å². The molecule has 2 aromatic rings. The number of hydrogen-bond acceptors (Lipinski definition) is 3. The molecular formula is C15H14ClNO4. The second-order valence-corrected chi connectivity index (χ2v) is 5.03. The Morgan fingerprint density at radius 2 is 1.76 bits per heavy atom. The van der Waals surface area contributed by atoms with Crippen molar-refractivity contribution in [2.45, 2.75) is 13.8 Å². The third kappa shape index (κ3) is 2.78. The summed E-state index contributed by atoms with van der Waals surface area (Å²) in [6.45, 7) is 3.56. The van der Waals surface area contributed by atoms with Crippen molar-refractivity contribution in [1.29, 1.82) is 0 Å². The first-order valence-electron chi connectivity index (χ1n) is 6.16. The highest BCUT2D eigenvalue weighted by Gasteiger charge is 2.17. The molecule has 0 aliphatic carbocycles. The Balaban J connectivity index is 2.77. The number of hydrogen-bond donors (Lipinski definition) is 1. The number of nitrogens with zero attached hydrogens (tertiary/aromatic N) is 1. The molecule has 2 rings (SSSR count). The number of aromatic carboxylic acids is 1. The number of aryl methyl sites for hydroxylation is 2. The fourth-order valence-corrected chi connectivity index (χ4v) is 2.54. The third-order valence-corrected chi connectivity index (χ3v) is 3.45. The van der Waals surface area contributed by atoms with Gasteiger partial charge >= 0.3 is 5.97 Å². The molecule has 1 aromatic carbocycles. The highest BCUT2D eigenvalue weighted by atomic mass is 35.5. The van der Waals surface area contributed by atoms with Crippen molar-refractivity contribution in [2.24, 2.45) is 0 Å². The van der Waals surface area contributed by atoms with Crippen molar-refractivity contribution >= 4 is 17.6 Å². The lowest BCUT2D eigenvalue weighted by Gasteiger charge is -2.17. The van der Waals surface area contributed by atoms with Crippen LogP contribution >= 0.6 is 11.6 Å². The van der Waals surface area contributed by atoms with Crippen LogP contribution in [0.2, 0.25) is 5.02 Å². The van der Waals surface area contributed by atoms with Gasteiger partial charge in [-0.3, -0.25) is 4.79 Å². The van der Waals surface area contributed by atoms with Crippen molar-refractivity contribution in [2.75, 3.05) is 7.11 Å². The topological polar surface area (TPSA) is 68.5 Å². The molecule has 0 spiro atoms. The molecule has 0 unspecified atom stereocenters. The third-order valence-electron chi connectivity index (χ3n) is 3.15. The summed E-state index contributed by atoms with van der Waals surface area (Å²) >= 11 is 6.20. The van der Waals surface area contributed by atoms with Gasteiger partial charge in [0.25, 0.3) is 0 Å². The highest BCUT2D eigenvalue weighted by molar-refractivity contribution is 6.32. The zero-order valence-corrected chi connectivity index (χ0v) is 12.6. The molecule has 0 saturated carbocycles. The van der Waals surface area contributed by atoms with Crippen LogP contribution in [0.1, 0.15) is 21.7 Å². The fourth-order valence-electron chi connectivity index (χ4n) is 2.29. The van der Waals surface area contributed by atoms with Gasteiger partial charge < -0.3 is 14.4 Å². The maximum absolute atomic E-state index is 11.5. The molecule has 5 nitrogen and oxygen atoms in total. The highest BCUT2D eigenvalue weighted by Crippen LogP contribution is 2.31. The lowest BCUT2D eigenvalue weighted by Crippen LogP contribution is -2.12. The zero-order chi connectivity index (χ0) is 15.7. The molecule has 0 amide bonds. The smallest absolute Gasteiger partial charge is 0.339 e. The van der Waals surface area contributed by atoms with E-state index in [1.165, 1.54) is 25.3 Å². The number of aromatic nitrogens is 1. The fraction of sp³-hybridized carbons (Fsp3) is 0.200. The van der Waals surface area contributed by atoms with Crippen molar-refractivity contribution in [3.63, 3.8) is 0 Å². The minimum absolute atomic E-state index is 0.0115. The van der Waals surface area contributed by atoms with Crippen LogP contribution in [-0.4, -0.2) is 22.8 Å². The Bertz CT molecular complexity index is 754. The number of carboxylic acid groups (broad SMARTS) is 1. The summed E-state index contributed by atoms with van der Waals surface area (Å²) in [6.07, 6.45) is 0. The normalized spacial score (nSPS) is 10.5. The van der Waals surface area contributed by atoms with Gasteiger partial charge in [-0.25, -0.2) is 4.79 Å². The standard InChI is InChI=1S/C15H14ClNO4/c1-8-4-10(18)5-9(2)17(8)13-7-14(21-3)11(15(19)20)6-12(13)16/h4-7H,1-3H3,(H,19,20). The van der Waals surface area contributed by atoms with Crippen LogP contribution in [0.4, 0.5) is 0 Å². The van der Waals surface area contributed by atoms with E-state index in [0.717, 1.165) is 0 Å². The molecule has 0 saturated heterocycles. The summed E-state index contributed by atoms with van der Waals surface area (Å²) in [7, 11) is 1.39. The molecule has 21 heavy (non-hydrogen) atoms. The number of carboxylic acids is 1. The molecule has 1 aromatic heterocycles. The van der Waals surface area contributed by atoms with Crippen LogP contribution in [0.5, 0.6) is 5.75 Å². The number of rotatable bonds is 3. The molecule has 1 N–H and O–H groups in total. The Kier molecular flexibility index (Phi) is 4.04. The maximum Gasteiger partial charge on any atom is 0.339 e. The lowest BCUT2D eigenvalue weighted by atomic mass is 10.1. The van der Waals surface area contributed by atoms with Gasteiger partial charge in [0.1, 0.15) is 11.3 Å². The Labute approximate surface area is 126 Å². The van der Waals surface area contributed by atoms with Gasteiger partial charge in [0.2, 0.25) is 0 Å². The molecule has 0 atom stereocenters. The van der Waals surface area contributed by atoms with Gasteiger partial charge in [-0.15, -0.1) is 0 Å². The van der Waals surface area contributed by atoms with E-state index in [2.05, 4.69) is 0 Å². The van der Waals surface area contributed by atoms with Crippen LogP contribution in [0.15, 0.2) is 29.1 Å². The van der Waals surface area contributed by atoms with E-state index in [1.54, 1.807) is 24.5 Å². The van der Waals surface area contributed by atoms with Gasteiger partial charge in [0, 0.05) is 29.6 Å². The zero-order valence-electron chi connectivity index (χ0n) is 11.8. The molecule has 0 aliphatic rings. The van der Waals surface area contributed by atoms with Gasteiger partial charge in [0.05, 0.1) is 17.8 Å². The molecule has 0 radical (unpaired) electrons. The Morgan fingerprint density at radius 3 is 2.24 bits per heavy atom. The van der Waals surface area contributed by atoms with Crippen LogP contribution in [-0.2, 0) is 0 Å². The maximum atomic E-state index is 11.5. The molecular weight excluding hydrogens is 294 g/mol. The van der Waals surface area contributed by atoms with E-state index in [4.69, 9.17) is 21.4 Å². The lowest BCUT2D eigenvalue weighted by molar-refractivity contribution is 0.0693. The molecule has 110 valence electrons. The molecule has 0 fully saturated rings. The number of ether oxygens (including phenoxy) is 1. The SMILES string of the molecule is COc1cc(-n2c(C)cc(=O)cc2C)c(Cl)cc1C(=O)O. The second-order valence-electron chi connectivity index (χ2n) is 4.62. The first kappa shape index (κ1) is 15.1. The van der Waals surface area contributed by atoms with E-state index in [1.807, 2.05) is 0 Å². The predicted octanol–water partition coefficient (Wildman–Crippen LogP) is 2.81. The van der Waals surface area contributed by atoms with E-state index < -0.39 is 5.97 Å². The van der Waals surface area contributed by atoms with Crippen molar-refractivity contribution in [3.05, 3.63) is 56.5 Å². The minimum Gasteiger partial charge on any atom is -0.496 e. The van der Waals surface area contributed by atoms with E-state index in [9.17, 15) is 9.59 Å². The molecule has 0 aliphatic heterocycles. The predicted molar refractivity (Wildman–Crippen MR) is 80.0 cm³/mol. The number of methoxy groups -OCH3 is 1. The van der Waals surface area contributed by atoms with Gasteiger partial charge in [-0.1, -0.05) is 11.6 Å². The summed E-state index contributed by atoms with van der Waals surface area (Å²) in [5.41, 5.74) is 1.86. The average molecular weight is 308 g/mol. The summed E-state index contributed by atoms with van der Waals surface area (Å²) in [5, 5.41) is 9.41. The van der Waals surface area contributed by atoms with Crippen LogP contribution in [0.3, 0.4) is 0 Å². The van der Waals surface area contributed by atoms with Crippen LogP contribution < -0.4 is 10.2 Å². The first-order valence-corrected chi connectivity index (χ1v) is 6.54. The summed E-state index contributed by atoms with van der Waals surface area (Å²) in [6, 6.07) is 5.87. The number of halogens is 1. The molecule has 0 bridgehead atoms. The molecule has 6 heteroatoms. The Morgan fingerprint density at radius 1 is 1.19 bits per heavy atom. The van der Waals surface area contributed by atoms with E-state index in [0.29, 0.717) is 17.1 Å². The van der Waals surface area contributed by atoms with E-state index >= 15 is 0 Å². The summed E-state index contributed by atoms with van der Waals surface area (Å²) in [5.74, 6) is -0.909. The summed E-state index contributed by atoms with van der Waals surface area (Å²) in [4.78, 5) is 22.7. The summed E-state index contributed by atoms with van der Waals surface area (Å²) < 4.78 is 6.89. The quantitative estimate of drug-likeness (QED) is 0.946. The first-order chi connectivity index (χ1) is 9.85. The average Bonchev–Trinajstić information content (AvgIpc) is 2.38. The van der Waals surface area contributed by atoms with E-state index in [-0.39, 0.29) is 21.8 Å². The van der Waals surface area contributed by atoms with Crippen LogP contribution in [0.25, 0.3) is 5.69 Å². The van der Waals surface area contributed by atoms with Crippen molar-refractivity contribution in [3.8, 4) is 11.4 Å². The van der Waals surface area contributed by atoms with Gasteiger partial charge in [-0.2, -0.15) is 0 Å². The monoisotopic (exact) mass is 307 g/mol.